The highest BCUT2D eigenvalue weighted by Gasteiger charge is 2.34. The lowest BCUT2D eigenvalue weighted by Gasteiger charge is -2.39. The highest BCUT2D eigenvalue weighted by Crippen LogP contribution is 2.24. The average molecular weight is 350 g/mol. The molecule has 1 atom stereocenters. The Morgan fingerprint density at radius 1 is 1.23 bits per heavy atom. The van der Waals surface area contributed by atoms with Crippen molar-refractivity contribution in [3.05, 3.63) is 48.2 Å². The number of benzene rings is 1. The molecule has 8 nitrogen and oxygen atoms in total. The van der Waals surface area contributed by atoms with Crippen LogP contribution in [0.25, 0.3) is 10.9 Å². The number of piperazine rings is 1. The second-order valence-corrected chi connectivity index (χ2v) is 6.47. The number of carbonyl (C=O) groups is 2. The van der Waals surface area contributed by atoms with E-state index in [-0.39, 0.29) is 30.1 Å². The predicted molar refractivity (Wildman–Crippen MR) is 95.7 cm³/mol. The van der Waals surface area contributed by atoms with E-state index in [4.69, 9.17) is 0 Å². The molecule has 2 aromatic heterocycles. The molecule has 8 heteroatoms. The van der Waals surface area contributed by atoms with E-state index in [9.17, 15) is 9.59 Å². The summed E-state index contributed by atoms with van der Waals surface area (Å²) < 4.78 is 0. The van der Waals surface area contributed by atoms with Crippen LogP contribution in [0.4, 0.5) is 5.69 Å². The largest absolute Gasteiger partial charge is 0.323 e. The van der Waals surface area contributed by atoms with Crippen LogP contribution >= 0.6 is 0 Å². The van der Waals surface area contributed by atoms with Gasteiger partial charge < -0.3 is 9.80 Å². The second-order valence-electron chi connectivity index (χ2n) is 6.47. The standard InChI is InChI=1S/C18H18N6O2/c1-11-6-20-16(8-19-11)18(26)23-10-17(25)24(9-12(23)2)14-4-3-13-7-21-22-15(13)5-14/h3-8,12H,9-10H2,1-2H3,(H,21,22)/t12-/m1/s1. The maximum Gasteiger partial charge on any atom is 0.274 e. The molecule has 26 heavy (non-hydrogen) atoms. The minimum atomic E-state index is -0.276. The Morgan fingerprint density at radius 2 is 2.08 bits per heavy atom. The molecule has 0 unspecified atom stereocenters. The molecule has 1 saturated heterocycles. The van der Waals surface area contributed by atoms with Gasteiger partial charge in [-0.25, -0.2) is 4.98 Å². The molecular weight excluding hydrogens is 332 g/mol. The molecule has 1 N–H and O–H groups in total. The smallest absolute Gasteiger partial charge is 0.274 e. The number of aromatic amines is 1. The Labute approximate surface area is 149 Å². The number of fused-ring (bicyclic) bond motifs is 1. The number of nitrogens with zero attached hydrogens (tertiary/aromatic N) is 5. The summed E-state index contributed by atoms with van der Waals surface area (Å²) in [5, 5.41) is 7.90. The first kappa shape index (κ1) is 16.2. The van der Waals surface area contributed by atoms with E-state index in [0.29, 0.717) is 6.54 Å². The summed E-state index contributed by atoms with van der Waals surface area (Å²) in [5.74, 6) is -0.405. The first-order chi connectivity index (χ1) is 12.5. The van der Waals surface area contributed by atoms with E-state index >= 15 is 0 Å². The van der Waals surface area contributed by atoms with Crippen molar-refractivity contribution < 1.29 is 9.59 Å². The fourth-order valence-corrected chi connectivity index (χ4v) is 3.12. The molecule has 4 rings (SSSR count). The Morgan fingerprint density at radius 3 is 2.85 bits per heavy atom. The minimum Gasteiger partial charge on any atom is -0.323 e. The van der Waals surface area contributed by atoms with Crippen molar-refractivity contribution in [2.45, 2.75) is 19.9 Å². The van der Waals surface area contributed by atoms with Crippen molar-refractivity contribution in [1.29, 1.82) is 0 Å². The van der Waals surface area contributed by atoms with Crippen LogP contribution in [-0.2, 0) is 4.79 Å². The van der Waals surface area contributed by atoms with Crippen molar-refractivity contribution in [2.24, 2.45) is 0 Å². The molecule has 3 aromatic rings. The Kier molecular flexibility index (Phi) is 3.87. The van der Waals surface area contributed by atoms with E-state index in [1.165, 1.54) is 6.20 Å². The van der Waals surface area contributed by atoms with Gasteiger partial charge in [-0.2, -0.15) is 5.10 Å². The number of hydrogen-bond acceptors (Lipinski definition) is 5. The number of hydrogen-bond donors (Lipinski definition) is 1. The lowest BCUT2D eigenvalue weighted by Crippen LogP contribution is -2.57. The Bertz CT molecular complexity index is 981. The second kappa shape index (κ2) is 6.21. The van der Waals surface area contributed by atoms with Crippen molar-refractivity contribution in [2.75, 3.05) is 18.0 Å². The van der Waals surface area contributed by atoms with Crippen LogP contribution in [0, 0.1) is 6.92 Å². The predicted octanol–water partition coefficient (Wildman–Crippen LogP) is 1.54. The number of nitrogens with one attached hydrogen (secondary N) is 1. The normalized spacial score (nSPS) is 17.8. The van der Waals surface area contributed by atoms with Gasteiger partial charge in [0.15, 0.2) is 0 Å². The number of H-pyrrole nitrogens is 1. The molecular formula is C18H18N6O2. The van der Waals surface area contributed by atoms with Gasteiger partial charge >= 0.3 is 0 Å². The number of anilines is 1. The van der Waals surface area contributed by atoms with Gasteiger partial charge in [0.05, 0.1) is 23.6 Å². The summed E-state index contributed by atoms with van der Waals surface area (Å²) in [5.41, 5.74) is 2.66. The summed E-state index contributed by atoms with van der Waals surface area (Å²) in [7, 11) is 0. The van der Waals surface area contributed by atoms with E-state index in [1.807, 2.05) is 32.0 Å². The fourth-order valence-electron chi connectivity index (χ4n) is 3.12. The summed E-state index contributed by atoms with van der Waals surface area (Å²) >= 11 is 0. The van der Waals surface area contributed by atoms with Crippen molar-refractivity contribution in [3.63, 3.8) is 0 Å². The molecule has 0 aliphatic carbocycles. The molecule has 0 saturated carbocycles. The van der Waals surface area contributed by atoms with Gasteiger partial charge in [-0.15, -0.1) is 0 Å². The molecule has 1 aliphatic rings. The third-order valence-electron chi connectivity index (χ3n) is 4.58. The van der Waals surface area contributed by atoms with Crippen LogP contribution in [-0.4, -0.2) is 56.0 Å². The van der Waals surface area contributed by atoms with Gasteiger partial charge in [0.1, 0.15) is 12.2 Å². The zero-order chi connectivity index (χ0) is 18.3. The highest BCUT2D eigenvalue weighted by molar-refractivity contribution is 6.02. The number of aryl methyl sites for hydroxylation is 1. The third-order valence-corrected chi connectivity index (χ3v) is 4.58. The van der Waals surface area contributed by atoms with Crippen molar-refractivity contribution in [1.82, 2.24) is 25.1 Å². The molecule has 132 valence electrons. The summed E-state index contributed by atoms with van der Waals surface area (Å²) in [6.07, 6.45) is 4.74. The quantitative estimate of drug-likeness (QED) is 0.756. The molecule has 2 amide bonds. The first-order valence-electron chi connectivity index (χ1n) is 8.36. The van der Waals surface area contributed by atoms with Gasteiger partial charge in [-0.05, 0) is 32.0 Å². The average Bonchev–Trinajstić information content (AvgIpc) is 3.11. The van der Waals surface area contributed by atoms with Gasteiger partial charge in [0, 0.05) is 29.9 Å². The van der Waals surface area contributed by atoms with Gasteiger partial charge in [0.2, 0.25) is 5.91 Å². The van der Waals surface area contributed by atoms with Crippen LogP contribution in [0.2, 0.25) is 0 Å². The molecule has 0 bridgehead atoms. The first-order valence-corrected chi connectivity index (χ1v) is 8.36. The minimum absolute atomic E-state index is 0.0105. The number of carbonyl (C=O) groups excluding carboxylic acids is 2. The topological polar surface area (TPSA) is 95.1 Å². The molecule has 1 fully saturated rings. The summed E-state index contributed by atoms with van der Waals surface area (Å²) in [4.78, 5) is 36.9. The summed E-state index contributed by atoms with van der Waals surface area (Å²) in [6, 6.07) is 5.58. The van der Waals surface area contributed by atoms with Gasteiger partial charge in [-0.1, -0.05) is 0 Å². The van der Waals surface area contributed by atoms with E-state index in [2.05, 4.69) is 20.2 Å². The third kappa shape index (κ3) is 2.79. The lowest BCUT2D eigenvalue weighted by atomic mass is 10.1. The van der Waals surface area contributed by atoms with Gasteiger partial charge in [-0.3, -0.25) is 19.7 Å². The van der Waals surface area contributed by atoms with Crippen LogP contribution in [0.3, 0.4) is 0 Å². The lowest BCUT2D eigenvalue weighted by molar-refractivity contribution is -0.121. The van der Waals surface area contributed by atoms with Gasteiger partial charge in [0.25, 0.3) is 5.91 Å². The van der Waals surface area contributed by atoms with E-state index in [1.54, 1.807) is 22.2 Å². The number of aromatic nitrogens is 4. The fraction of sp³-hybridized carbons (Fsp3) is 0.278. The number of rotatable bonds is 2. The zero-order valence-electron chi connectivity index (χ0n) is 14.5. The Hall–Kier alpha value is -3.29. The number of amides is 2. The van der Waals surface area contributed by atoms with Crippen LogP contribution < -0.4 is 4.90 Å². The summed E-state index contributed by atoms with van der Waals surface area (Å²) in [6.45, 7) is 4.16. The van der Waals surface area contributed by atoms with Crippen LogP contribution in [0.5, 0.6) is 0 Å². The van der Waals surface area contributed by atoms with E-state index < -0.39 is 0 Å². The molecule has 0 radical (unpaired) electrons. The SMILES string of the molecule is Cc1cnc(C(=O)N2CC(=O)N(c3ccc4cn[nH]c4c3)C[C@H]2C)cn1. The van der Waals surface area contributed by atoms with Crippen molar-refractivity contribution >= 4 is 28.4 Å². The van der Waals surface area contributed by atoms with Crippen LogP contribution in [0.15, 0.2) is 36.8 Å². The molecule has 1 aliphatic heterocycles. The maximum atomic E-state index is 12.7. The maximum absolute atomic E-state index is 12.7. The monoisotopic (exact) mass is 350 g/mol. The molecule has 3 heterocycles. The highest BCUT2D eigenvalue weighted by atomic mass is 16.2. The van der Waals surface area contributed by atoms with Crippen LogP contribution in [0.1, 0.15) is 23.1 Å². The van der Waals surface area contributed by atoms with E-state index in [0.717, 1.165) is 22.3 Å². The van der Waals surface area contributed by atoms with Crippen molar-refractivity contribution in [3.8, 4) is 0 Å². The molecule has 1 aromatic carbocycles. The molecule has 0 spiro atoms. The zero-order valence-corrected chi connectivity index (χ0v) is 14.5. The Balaban J connectivity index is 1.56.